The highest BCUT2D eigenvalue weighted by Gasteiger charge is 2.24. The molecule has 2 aliphatic rings. The third-order valence-corrected chi connectivity index (χ3v) is 4.06. The maximum Gasteiger partial charge on any atom is 0.224 e. The van der Waals surface area contributed by atoms with E-state index in [1.54, 1.807) is 0 Å². The normalized spacial score (nSPS) is 22.5. The van der Waals surface area contributed by atoms with Gasteiger partial charge in [0, 0.05) is 51.8 Å². The van der Waals surface area contributed by atoms with E-state index in [4.69, 9.17) is 4.74 Å². The van der Waals surface area contributed by atoms with Gasteiger partial charge < -0.3 is 15.0 Å². The lowest BCUT2D eigenvalue weighted by atomic mass is 10.1. The van der Waals surface area contributed by atoms with E-state index in [1.807, 2.05) is 11.8 Å². The van der Waals surface area contributed by atoms with Crippen LogP contribution in [0.15, 0.2) is 0 Å². The van der Waals surface area contributed by atoms with Crippen LogP contribution in [-0.2, 0) is 9.53 Å². The van der Waals surface area contributed by atoms with E-state index in [9.17, 15) is 4.79 Å². The van der Waals surface area contributed by atoms with E-state index >= 15 is 0 Å². The fraction of sp³-hybridized carbons (Fsp3) is 0.929. The third kappa shape index (κ3) is 7.15. The molecule has 21 heavy (non-hydrogen) atoms. The Morgan fingerprint density at radius 3 is 2.52 bits per heavy atom. The maximum atomic E-state index is 12.2. The summed E-state index contributed by atoms with van der Waals surface area (Å²) in [7, 11) is 0. The van der Waals surface area contributed by atoms with Crippen LogP contribution in [0.3, 0.4) is 0 Å². The van der Waals surface area contributed by atoms with Crippen LogP contribution in [0.2, 0.25) is 0 Å². The van der Waals surface area contributed by atoms with Gasteiger partial charge in [-0.1, -0.05) is 0 Å². The second kappa shape index (κ2) is 11.5. The Bertz CT molecular complexity index is 281. The molecule has 0 radical (unpaired) electrons. The number of halogens is 2. The Morgan fingerprint density at radius 1 is 1.24 bits per heavy atom. The van der Waals surface area contributed by atoms with Gasteiger partial charge in [0.05, 0.1) is 6.61 Å². The van der Waals surface area contributed by atoms with E-state index < -0.39 is 0 Å². The molecule has 5 nitrogen and oxygen atoms in total. The molecule has 1 N–H and O–H groups in total. The van der Waals surface area contributed by atoms with Crippen LogP contribution in [0.25, 0.3) is 0 Å². The lowest BCUT2D eigenvalue weighted by molar-refractivity contribution is -0.133. The van der Waals surface area contributed by atoms with Gasteiger partial charge in [-0.05, 0) is 26.3 Å². The highest BCUT2D eigenvalue weighted by molar-refractivity contribution is 5.85. The Morgan fingerprint density at radius 2 is 1.95 bits per heavy atom. The van der Waals surface area contributed by atoms with Crippen LogP contribution in [0, 0.1) is 0 Å². The summed E-state index contributed by atoms with van der Waals surface area (Å²) in [6.07, 6.45) is 3.04. The van der Waals surface area contributed by atoms with Crippen molar-refractivity contribution in [3.8, 4) is 0 Å². The summed E-state index contributed by atoms with van der Waals surface area (Å²) < 4.78 is 5.37. The lowest BCUT2D eigenvalue weighted by Gasteiger charge is -2.35. The van der Waals surface area contributed by atoms with Crippen LogP contribution in [-0.4, -0.2) is 74.2 Å². The first-order valence-electron chi connectivity index (χ1n) is 7.61. The van der Waals surface area contributed by atoms with Crippen molar-refractivity contribution >= 4 is 30.7 Å². The van der Waals surface area contributed by atoms with E-state index in [2.05, 4.69) is 10.2 Å². The molecule has 0 bridgehead atoms. The van der Waals surface area contributed by atoms with Gasteiger partial charge >= 0.3 is 0 Å². The number of carbonyl (C=O) groups is 1. The van der Waals surface area contributed by atoms with Gasteiger partial charge in [-0.15, -0.1) is 24.8 Å². The molecule has 2 fully saturated rings. The number of amides is 1. The molecule has 0 aliphatic carbocycles. The molecule has 2 heterocycles. The number of nitrogens with one attached hydrogen (secondary N) is 1. The van der Waals surface area contributed by atoms with E-state index in [1.165, 1.54) is 6.42 Å². The lowest BCUT2D eigenvalue weighted by Crippen LogP contribution is -2.50. The van der Waals surface area contributed by atoms with Crippen LogP contribution in [0.1, 0.15) is 26.2 Å². The maximum absolute atomic E-state index is 12.2. The van der Waals surface area contributed by atoms with Crippen LogP contribution in [0.4, 0.5) is 0 Å². The molecule has 7 heteroatoms. The van der Waals surface area contributed by atoms with Crippen molar-refractivity contribution < 1.29 is 9.53 Å². The molecule has 0 aromatic rings. The number of ether oxygens (including phenoxy) is 1. The summed E-state index contributed by atoms with van der Waals surface area (Å²) >= 11 is 0. The summed E-state index contributed by atoms with van der Waals surface area (Å²) in [6.45, 7) is 9.38. The SMILES string of the molecule is CCOCCN1CCN(C(=O)CC2CCCN2)CC1.Cl.Cl. The van der Waals surface area contributed by atoms with Crippen molar-refractivity contribution in [3.63, 3.8) is 0 Å². The Kier molecular flexibility index (Phi) is 11.5. The van der Waals surface area contributed by atoms with Gasteiger partial charge in [-0.25, -0.2) is 0 Å². The standard InChI is InChI=1S/C14H27N3O2.2ClH/c1-2-19-11-10-16-6-8-17(9-7-16)14(18)12-13-4-3-5-15-13;;/h13,15H,2-12H2,1H3;2*1H. The molecule has 126 valence electrons. The molecule has 1 atom stereocenters. The Balaban J connectivity index is 0.00000200. The Labute approximate surface area is 140 Å². The molecule has 0 aromatic heterocycles. The van der Waals surface area contributed by atoms with Crippen molar-refractivity contribution in [2.75, 3.05) is 52.5 Å². The van der Waals surface area contributed by atoms with Gasteiger partial charge in [0.1, 0.15) is 0 Å². The summed E-state index contributed by atoms with van der Waals surface area (Å²) in [4.78, 5) is 16.6. The molecule has 0 aromatic carbocycles. The molecule has 1 unspecified atom stereocenters. The topological polar surface area (TPSA) is 44.8 Å². The summed E-state index contributed by atoms with van der Waals surface area (Å²) in [5.74, 6) is 0.323. The second-order valence-corrected chi connectivity index (χ2v) is 5.42. The Hall–Kier alpha value is -0.0700. The molecule has 2 aliphatic heterocycles. The predicted octanol–water partition coefficient (Wildman–Crippen LogP) is 1.15. The minimum absolute atomic E-state index is 0. The minimum atomic E-state index is 0. The number of hydrogen-bond acceptors (Lipinski definition) is 4. The fourth-order valence-electron chi connectivity index (χ4n) is 2.83. The van der Waals surface area contributed by atoms with Gasteiger partial charge in [0.25, 0.3) is 0 Å². The van der Waals surface area contributed by atoms with Crippen molar-refractivity contribution in [3.05, 3.63) is 0 Å². The first-order valence-corrected chi connectivity index (χ1v) is 7.61. The first-order chi connectivity index (χ1) is 9.29. The van der Waals surface area contributed by atoms with Crippen molar-refractivity contribution in [2.45, 2.75) is 32.2 Å². The molecule has 2 saturated heterocycles. The highest BCUT2D eigenvalue weighted by atomic mass is 35.5. The zero-order chi connectivity index (χ0) is 13.5. The van der Waals surface area contributed by atoms with Gasteiger partial charge in [0.2, 0.25) is 5.91 Å². The summed E-state index contributed by atoms with van der Waals surface area (Å²) in [5.41, 5.74) is 0. The van der Waals surface area contributed by atoms with Gasteiger partial charge in [-0.3, -0.25) is 9.69 Å². The monoisotopic (exact) mass is 341 g/mol. The average molecular weight is 342 g/mol. The number of nitrogens with zero attached hydrogens (tertiary/aromatic N) is 2. The first kappa shape index (κ1) is 20.9. The van der Waals surface area contributed by atoms with Gasteiger partial charge in [-0.2, -0.15) is 0 Å². The third-order valence-electron chi connectivity index (χ3n) is 4.06. The van der Waals surface area contributed by atoms with E-state index in [0.717, 1.165) is 58.9 Å². The highest BCUT2D eigenvalue weighted by Crippen LogP contribution is 2.12. The van der Waals surface area contributed by atoms with Crippen LogP contribution in [0.5, 0.6) is 0 Å². The van der Waals surface area contributed by atoms with E-state index in [-0.39, 0.29) is 24.8 Å². The minimum Gasteiger partial charge on any atom is -0.380 e. The number of piperazine rings is 1. The van der Waals surface area contributed by atoms with Crippen molar-refractivity contribution in [1.82, 2.24) is 15.1 Å². The number of rotatable bonds is 6. The van der Waals surface area contributed by atoms with Gasteiger partial charge in [0.15, 0.2) is 0 Å². The quantitative estimate of drug-likeness (QED) is 0.736. The molecule has 0 saturated carbocycles. The predicted molar refractivity (Wildman–Crippen MR) is 89.7 cm³/mol. The molecular formula is C14H29Cl2N3O2. The van der Waals surface area contributed by atoms with Crippen LogP contribution < -0.4 is 5.32 Å². The molecule has 1 amide bonds. The van der Waals surface area contributed by atoms with Crippen molar-refractivity contribution in [1.29, 1.82) is 0 Å². The van der Waals surface area contributed by atoms with E-state index in [0.29, 0.717) is 18.4 Å². The van der Waals surface area contributed by atoms with Crippen molar-refractivity contribution in [2.24, 2.45) is 0 Å². The second-order valence-electron chi connectivity index (χ2n) is 5.42. The smallest absolute Gasteiger partial charge is 0.224 e. The van der Waals surface area contributed by atoms with Crippen LogP contribution >= 0.6 is 24.8 Å². The number of hydrogen-bond donors (Lipinski definition) is 1. The summed E-state index contributed by atoms with van der Waals surface area (Å²) in [5, 5.41) is 3.40. The average Bonchev–Trinajstić information content (AvgIpc) is 2.93. The molecule has 2 rings (SSSR count). The zero-order valence-corrected chi connectivity index (χ0v) is 14.5. The number of carbonyl (C=O) groups excluding carboxylic acids is 1. The zero-order valence-electron chi connectivity index (χ0n) is 12.9. The molecule has 0 spiro atoms. The largest absolute Gasteiger partial charge is 0.380 e. The summed E-state index contributed by atoms with van der Waals surface area (Å²) in [6, 6.07) is 0.420. The molecular weight excluding hydrogens is 313 g/mol. The fourth-order valence-corrected chi connectivity index (χ4v) is 2.83.